The van der Waals surface area contributed by atoms with E-state index in [2.05, 4.69) is 32.2 Å². The van der Waals surface area contributed by atoms with E-state index in [4.69, 9.17) is 15.3 Å². The lowest BCUT2D eigenvalue weighted by Crippen LogP contribution is -2.55. The molecule has 0 aliphatic carbocycles. The minimum Gasteiger partial charge on any atom is -0.444 e. The van der Waals surface area contributed by atoms with E-state index in [0.29, 0.717) is 37.0 Å². The van der Waals surface area contributed by atoms with Crippen LogP contribution in [0.5, 0.6) is 0 Å². The van der Waals surface area contributed by atoms with Gasteiger partial charge in [-0.3, -0.25) is 5.43 Å². The number of anilines is 2. The molecule has 0 saturated carbocycles. The molecule has 2 fully saturated rings. The number of nitrogen functional groups attached to an aromatic ring is 1. The Hall–Kier alpha value is -2.66. The zero-order valence-electron chi connectivity index (χ0n) is 20.0. The maximum absolute atomic E-state index is 12.4. The van der Waals surface area contributed by atoms with E-state index < -0.39 is 5.60 Å². The van der Waals surface area contributed by atoms with Gasteiger partial charge in [0.2, 0.25) is 5.95 Å². The number of nitrogens with zero attached hydrogens (tertiary/aromatic N) is 6. The summed E-state index contributed by atoms with van der Waals surface area (Å²) in [6, 6.07) is 0.0392. The SMILES string of the molecule is C1CCOC1.Cc1nc2c(N3CCN(C(=O)OC(C)(C)C)CC3C)nc(NN)nc2n1C. The number of aryl methyl sites for hydroxylation is 2. The molecule has 2 saturated heterocycles. The molecule has 1 amide bonds. The summed E-state index contributed by atoms with van der Waals surface area (Å²) >= 11 is 0. The van der Waals surface area contributed by atoms with E-state index in [-0.39, 0.29) is 12.1 Å². The van der Waals surface area contributed by atoms with Crippen molar-refractivity contribution in [2.75, 3.05) is 43.2 Å². The highest BCUT2D eigenvalue weighted by Crippen LogP contribution is 2.28. The van der Waals surface area contributed by atoms with Crippen molar-refractivity contribution in [1.29, 1.82) is 0 Å². The summed E-state index contributed by atoms with van der Waals surface area (Å²) in [6.45, 7) is 13.3. The van der Waals surface area contributed by atoms with Crippen LogP contribution in [0.15, 0.2) is 0 Å². The van der Waals surface area contributed by atoms with Crippen LogP contribution in [0.3, 0.4) is 0 Å². The Morgan fingerprint density at radius 2 is 1.88 bits per heavy atom. The number of nitrogens with one attached hydrogen (secondary N) is 1. The summed E-state index contributed by atoms with van der Waals surface area (Å²) < 4.78 is 12.3. The van der Waals surface area contributed by atoms with Gasteiger partial charge in [0.15, 0.2) is 17.0 Å². The molecule has 2 aliphatic heterocycles. The molecule has 2 aliphatic rings. The zero-order valence-corrected chi connectivity index (χ0v) is 20.0. The smallest absolute Gasteiger partial charge is 0.410 e. The molecular formula is C21H36N8O3. The number of amides is 1. The molecule has 0 spiro atoms. The van der Waals surface area contributed by atoms with Gasteiger partial charge in [-0.05, 0) is 47.5 Å². The first kappa shape index (κ1) is 24.0. The molecule has 11 nitrogen and oxygen atoms in total. The number of ether oxygens (including phenoxy) is 2. The number of rotatable bonds is 2. The third-order valence-electron chi connectivity index (χ3n) is 5.43. The summed E-state index contributed by atoms with van der Waals surface area (Å²) in [6.07, 6.45) is 2.26. The highest BCUT2D eigenvalue weighted by molar-refractivity contribution is 5.85. The fourth-order valence-corrected chi connectivity index (χ4v) is 3.70. The summed E-state index contributed by atoms with van der Waals surface area (Å²) in [5, 5.41) is 0. The molecule has 4 heterocycles. The Morgan fingerprint density at radius 3 is 2.41 bits per heavy atom. The van der Waals surface area contributed by atoms with E-state index in [1.807, 2.05) is 39.3 Å². The Balaban J connectivity index is 0.000000509. The summed E-state index contributed by atoms with van der Waals surface area (Å²) in [4.78, 5) is 29.8. The molecular weight excluding hydrogens is 412 g/mol. The lowest BCUT2D eigenvalue weighted by atomic mass is 10.2. The van der Waals surface area contributed by atoms with Crippen LogP contribution in [0.4, 0.5) is 16.6 Å². The van der Waals surface area contributed by atoms with Crippen molar-refractivity contribution in [2.24, 2.45) is 12.9 Å². The Bertz CT molecular complexity index is 928. The van der Waals surface area contributed by atoms with E-state index in [1.165, 1.54) is 12.8 Å². The maximum Gasteiger partial charge on any atom is 0.410 e. The Labute approximate surface area is 189 Å². The van der Waals surface area contributed by atoms with Crippen molar-refractivity contribution in [3.05, 3.63) is 5.82 Å². The third-order valence-corrected chi connectivity index (χ3v) is 5.43. The number of hydrogen-bond acceptors (Lipinski definition) is 9. The summed E-state index contributed by atoms with van der Waals surface area (Å²) in [5.41, 5.74) is 3.46. The average molecular weight is 449 g/mol. The van der Waals surface area contributed by atoms with Crippen LogP contribution < -0.4 is 16.2 Å². The second-order valence-corrected chi connectivity index (χ2v) is 9.19. The molecule has 0 bridgehead atoms. The fourth-order valence-electron chi connectivity index (χ4n) is 3.70. The molecule has 11 heteroatoms. The van der Waals surface area contributed by atoms with Gasteiger partial charge < -0.3 is 23.8 Å². The number of fused-ring (bicyclic) bond motifs is 1. The number of piperazine rings is 1. The number of imidazole rings is 1. The number of aromatic nitrogens is 4. The largest absolute Gasteiger partial charge is 0.444 e. The first-order valence-electron chi connectivity index (χ1n) is 11.1. The molecule has 4 rings (SSSR count). The normalized spacial score (nSPS) is 19.0. The monoisotopic (exact) mass is 448 g/mol. The van der Waals surface area contributed by atoms with Crippen molar-refractivity contribution in [3.63, 3.8) is 0 Å². The van der Waals surface area contributed by atoms with Gasteiger partial charge >= 0.3 is 6.09 Å². The molecule has 2 aromatic heterocycles. The van der Waals surface area contributed by atoms with Gasteiger partial charge in [-0.2, -0.15) is 9.97 Å². The van der Waals surface area contributed by atoms with Gasteiger partial charge in [-0.1, -0.05) is 0 Å². The zero-order chi connectivity index (χ0) is 23.5. The van der Waals surface area contributed by atoms with E-state index in [9.17, 15) is 4.79 Å². The molecule has 2 aromatic rings. The van der Waals surface area contributed by atoms with Crippen LogP contribution in [-0.4, -0.2) is 75.0 Å². The topological polar surface area (TPSA) is 124 Å². The van der Waals surface area contributed by atoms with Gasteiger partial charge in [0, 0.05) is 45.9 Å². The first-order valence-corrected chi connectivity index (χ1v) is 11.1. The van der Waals surface area contributed by atoms with Crippen molar-refractivity contribution >= 4 is 29.0 Å². The quantitative estimate of drug-likeness (QED) is 0.525. The van der Waals surface area contributed by atoms with Crippen LogP contribution in [-0.2, 0) is 16.5 Å². The van der Waals surface area contributed by atoms with Gasteiger partial charge in [-0.25, -0.2) is 15.6 Å². The van der Waals surface area contributed by atoms with Gasteiger partial charge in [-0.15, -0.1) is 0 Å². The predicted molar refractivity (Wildman–Crippen MR) is 124 cm³/mol. The maximum atomic E-state index is 12.4. The molecule has 178 valence electrons. The molecule has 1 atom stereocenters. The van der Waals surface area contributed by atoms with Gasteiger partial charge in [0.25, 0.3) is 0 Å². The summed E-state index contributed by atoms with van der Waals surface area (Å²) in [5.74, 6) is 7.45. The third kappa shape index (κ3) is 5.57. The van der Waals surface area contributed by atoms with Crippen LogP contribution >= 0.6 is 0 Å². The Morgan fingerprint density at radius 1 is 1.19 bits per heavy atom. The number of hydrazine groups is 1. The second kappa shape index (κ2) is 9.86. The van der Waals surface area contributed by atoms with Crippen molar-refractivity contribution in [1.82, 2.24) is 24.4 Å². The molecule has 1 unspecified atom stereocenters. The van der Waals surface area contributed by atoms with Crippen LogP contribution in [0.1, 0.15) is 46.4 Å². The lowest BCUT2D eigenvalue weighted by Gasteiger charge is -2.40. The van der Waals surface area contributed by atoms with Gasteiger partial charge in [0.1, 0.15) is 11.4 Å². The van der Waals surface area contributed by atoms with E-state index in [0.717, 1.165) is 24.6 Å². The van der Waals surface area contributed by atoms with Crippen LogP contribution in [0.25, 0.3) is 11.2 Å². The fraction of sp³-hybridized carbons (Fsp3) is 0.714. The molecule has 0 aromatic carbocycles. The molecule has 3 N–H and O–H groups in total. The summed E-state index contributed by atoms with van der Waals surface area (Å²) in [7, 11) is 1.91. The number of carbonyl (C=O) groups excluding carboxylic acids is 1. The predicted octanol–water partition coefficient (Wildman–Crippen LogP) is 2.20. The van der Waals surface area contributed by atoms with Crippen molar-refractivity contribution < 1.29 is 14.3 Å². The molecule has 32 heavy (non-hydrogen) atoms. The Kier molecular flexibility index (Phi) is 7.40. The molecule has 0 radical (unpaired) electrons. The van der Waals surface area contributed by atoms with Crippen LogP contribution in [0, 0.1) is 6.92 Å². The van der Waals surface area contributed by atoms with Crippen molar-refractivity contribution in [3.8, 4) is 0 Å². The average Bonchev–Trinajstić information content (AvgIpc) is 3.39. The van der Waals surface area contributed by atoms with Crippen molar-refractivity contribution in [2.45, 2.75) is 59.1 Å². The lowest BCUT2D eigenvalue weighted by molar-refractivity contribution is 0.0218. The van der Waals surface area contributed by atoms with E-state index in [1.54, 1.807) is 4.90 Å². The van der Waals surface area contributed by atoms with Crippen LogP contribution in [0.2, 0.25) is 0 Å². The number of carbonyl (C=O) groups is 1. The first-order chi connectivity index (χ1) is 15.1. The second-order valence-electron chi connectivity index (χ2n) is 9.19. The highest BCUT2D eigenvalue weighted by atomic mass is 16.6. The van der Waals surface area contributed by atoms with Gasteiger partial charge in [0.05, 0.1) is 0 Å². The standard InChI is InChI=1S/C17H28N8O2.C4H8O/c1-10-9-24(16(26)27-17(3,4)5)7-8-25(10)14-12-13(20-15(21-14)22-18)23(6)11(2)19-12;1-2-4-5-3-1/h10H,7-9,18H2,1-6H3,(H,20,21,22);1-4H2. The highest BCUT2D eigenvalue weighted by Gasteiger charge is 2.32. The minimum atomic E-state index is -0.510. The number of nitrogens with two attached hydrogens (primary N) is 1. The van der Waals surface area contributed by atoms with E-state index >= 15 is 0 Å². The minimum absolute atomic E-state index is 0.0392. The number of hydrogen-bond donors (Lipinski definition) is 2.